The second-order valence-electron chi connectivity index (χ2n) is 3.15. The van der Waals surface area contributed by atoms with Gasteiger partial charge in [-0.1, -0.05) is 13.8 Å². The molecule has 0 aromatic heterocycles. The molecule has 2 N–H and O–H groups in total. The molecule has 0 radical (unpaired) electrons. The lowest BCUT2D eigenvalue weighted by atomic mass is 9.97. The van der Waals surface area contributed by atoms with Crippen molar-refractivity contribution in [2.45, 2.75) is 38.6 Å². The number of aliphatic hydroxyl groups excluding tert-OH is 2. The molecule has 0 aromatic rings. The minimum absolute atomic E-state index is 0.0813. The van der Waals surface area contributed by atoms with Gasteiger partial charge in [0.1, 0.15) is 6.10 Å². The third-order valence-electron chi connectivity index (χ3n) is 2.44. The number of ether oxygens (including phenoxy) is 1. The van der Waals surface area contributed by atoms with Gasteiger partial charge in [-0.2, -0.15) is 0 Å². The number of aliphatic hydroxyl groups is 2. The molecule has 1 aliphatic heterocycles. The van der Waals surface area contributed by atoms with Crippen molar-refractivity contribution >= 4 is 0 Å². The summed E-state index contributed by atoms with van der Waals surface area (Å²) in [6, 6.07) is 0. The summed E-state index contributed by atoms with van der Waals surface area (Å²) in [6.07, 6.45) is 0.149. The first-order valence-electron chi connectivity index (χ1n) is 4.15. The van der Waals surface area contributed by atoms with Gasteiger partial charge in [0.25, 0.3) is 0 Å². The molecule has 4 atom stereocenters. The molecule has 66 valence electrons. The van der Waals surface area contributed by atoms with Crippen molar-refractivity contribution in [2.75, 3.05) is 6.61 Å². The zero-order valence-corrected chi connectivity index (χ0v) is 7.03. The van der Waals surface area contributed by atoms with E-state index in [1.807, 2.05) is 13.8 Å². The van der Waals surface area contributed by atoms with Gasteiger partial charge in [0.15, 0.2) is 0 Å². The molecule has 0 aliphatic carbocycles. The molecule has 1 rings (SSSR count). The maximum absolute atomic E-state index is 9.47. The summed E-state index contributed by atoms with van der Waals surface area (Å²) in [5.74, 6) is 0.150. The highest BCUT2D eigenvalue weighted by molar-refractivity contribution is 4.86. The molecule has 3 nitrogen and oxygen atoms in total. The third kappa shape index (κ3) is 1.55. The molecule has 0 aromatic carbocycles. The average molecular weight is 160 g/mol. The Morgan fingerprint density at radius 2 is 2.00 bits per heavy atom. The minimum Gasteiger partial charge on any atom is -0.394 e. The van der Waals surface area contributed by atoms with Gasteiger partial charge in [-0.3, -0.25) is 0 Å². The lowest BCUT2D eigenvalue weighted by molar-refractivity contribution is -0.0224. The van der Waals surface area contributed by atoms with Crippen LogP contribution in [0.4, 0.5) is 0 Å². The van der Waals surface area contributed by atoms with Crippen LogP contribution in [0.25, 0.3) is 0 Å². The van der Waals surface area contributed by atoms with E-state index in [0.717, 1.165) is 6.42 Å². The Kier molecular flexibility index (Phi) is 2.87. The standard InChI is InChI=1S/C8H16O3/c1-3-6-5(2)8(10)7(4-9)11-6/h5-10H,3-4H2,1-2H3/t5-,6-,7+,8+/m1/s1. The fraction of sp³-hybridized carbons (Fsp3) is 1.00. The second-order valence-corrected chi connectivity index (χ2v) is 3.15. The van der Waals surface area contributed by atoms with E-state index in [9.17, 15) is 5.11 Å². The van der Waals surface area contributed by atoms with E-state index in [-0.39, 0.29) is 24.7 Å². The molecule has 1 saturated heterocycles. The molecule has 0 bridgehead atoms. The van der Waals surface area contributed by atoms with Crippen molar-refractivity contribution in [3.8, 4) is 0 Å². The first kappa shape index (κ1) is 8.97. The Hall–Kier alpha value is -0.120. The molecule has 3 heteroatoms. The predicted octanol–water partition coefficient (Wildman–Crippen LogP) is 0.153. The zero-order valence-electron chi connectivity index (χ0n) is 7.03. The highest BCUT2D eigenvalue weighted by atomic mass is 16.5. The quantitative estimate of drug-likeness (QED) is 0.604. The largest absolute Gasteiger partial charge is 0.394 e. The van der Waals surface area contributed by atoms with Crippen LogP contribution in [0, 0.1) is 5.92 Å². The molecule has 1 heterocycles. The number of rotatable bonds is 2. The van der Waals surface area contributed by atoms with Crippen molar-refractivity contribution in [3.63, 3.8) is 0 Å². The lowest BCUT2D eigenvalue weighted by Gasteiger charge is -2.12. The lowest BCUT2D eigenvalue weighted by Crippen LogP contribution is -2.28. The van der Waals surface area contributed by atoms with Gasteiger partial charge in [-0.05, 0) is 6.42 Å². The summed E-state index contributed by atoms with van der Waals surface area (Å²) in [5.41, 5.74) is 0. The van der Waals surface area contributed by atoms with Crippen molar-refractivity contribution in [1.82, 2.24) is 0 Å². The first-order valence-corrected chi connectivity index (χ1v) is 4.15. The zero-order chi connectivity index (χ0) is 8.43. The van der Waals surface area contributed by atoms with E-state index in [2.05, 4.69) is 0 Å². The summed E-state index contributed by atoms with van der Waals surface area (Å²) in [5, 5.41) is 18.3. The van der Waals surface area contributed by atoms with E-state index >= 15 is 0 Å². The predicted molar refractivity (Wildman–Crippen MR) is 41.2 cm³/mol. The van der Waals surface area contributed by atoms with Crippen LogP contribution in [0.5, 0.6) is 0 Å². The van der Waals surface area contributed by atoms with Crippen LogP contribution in [0.3, 0.4) is 0 Å². The van der Waals surface area contributed by atoms with Crippen LogP contribution in [-0.4, -0.2) is 35.1 Å². The second kappa shape index (κ2) is 3.52. The molecule has 11 heavy (non-hydrogen) atoms. The van der Waals surface area contributed by atoms with Crippen molar-refractivity contribution in [2.24, 2.45) is 5.92 Å². The molecule has 0 amide bonds. The van der Waals surface area contributed by atoms with E-state index in [1.54, 1.807) is 0 Å². The van der Waals surface area contributed by atoms with E-state index in [0.29, 0.717) is 0 Å². The normalized spacial score (nSPS) is 44.7. The summed E-state index contributed by atoms with van der Waals surface area (Å²) in [4.78, 5) is 0. The highest BCUT2D eigenvalue weighted by Crippen LogP contribution is 2.28. The Bertz CT molecular complexity index is 109. The van der Waals surface area contributed by atoms with Gasteiger partial charge in [-0.25, -0.2) is 0 Å². The Morgan fingerprint density at radius 1 is 1.36 bits per heavy atom. The van der Waals surface area contributed by atoms with E-state index < -0.39 is 6.10 Å². The summed E-state index contributed by atoms with van der Waals surface area (Å²) < 4.78 is 5.38. The fourth-order valence-corrected chi connectivity index (χ4v) is 1.61. The highest BCUT2D eigenvalue weighted by Gasteiger charge is 2.38. The smallest absolute Gasteiger partial charge is 0.107 e. The van der Waals surface area contributed by atoms with Gasteiger partial charge in [0.2, 0.25) is 0 Å². The molecular formula is C8H16O3. The van der Waals surface area contributed by atoms with Gasteiger partial charge in [0, 0.05) is 5.92 Å². The number of hydrogen-bond acceptors (Lipinski definition) is 3. The SMILES string of the molecule is CC[C@H]1O[C@@H](CO)[C@@H](O)[C@@H]1C. The van der Waals surface area contributed by atoms with Crippen LogP contribution in [0.15, 0.2) is 0 Å². The minimum atomic E-state index is -0.495. The average Bonchev–Trinajstić information content (AvgIpc) is 2.30. The molecule has 1 aliphatic rings. The fourth-order valence-electron chi connectivity index (χ4n) is 1.61. The summed E-state index contributed by atoms with van der Waals surface area (Å²) in [7, 11) is 0. The van der Waals surface area contributed by atoms with Gasteiger partial charge >= 0.3 is 0 Å². The molecule has 0 spiro atoms. The van der Waals surface area contributed by atoms with Crippen LogP contribution in [0.1, 0.15) is 20.3 Å². The molecule has 0 saturated carbocycles. The van der Waals surface area contributed by atoms with Crippen molar-refractivity contribution in [1.29, 1.82) is 0 Å². The molecule has 0 unspecified atom stereocenters. The summed E-state index contributed by atoms with van der Waals surface area (Å²) in [6.45, 7) is 3.89. The monoisotopic (exact) mass is 160 g/mol. The topological polar surface area (TPSA) is 49.7 Å². The van der Waals surface area contributed by atoms with Gasteiger partial charge < -0.3 is 14.9 Å². The van der Waals surface area contributed by atoms with Crippen LogP contribution < -0.4 is 0 Å². The molecular weight excluding hydrogens is 144 g/mol. The van der Waals surface area contributed by atoms with Gasteiger partial charge in [0.05, 0.1) is 18.8 Å². The van der Waals surface area contributed by atoms with Gasteiger partial charge in [-0.15, -0.1) is 0 Å². The van der Waals surface area contributed by atoms with Crippen LogP contribution in [-0.2, 0) is 4.74 Å². The van der Waals surface area contributed by atoms with Crippen LogP contribution in [0.2, 0.25) is 0 Å². The summed E-state index contributed by atoms with van der Waals surface area (Å²) >= 11 is 0. The first-order chi connectivity index (χ1) is 5.20. The number of hydrogen-bond donors (Lipinski definition) is 2. The maximum atomic E-state index is 9.47. The van der Waals surface area contributed by atoms with Crippen LogP contribution >= 0.6 is 0 Å². The Balaban J connectivity index is 2.53. The third-order valence-corrected chi connectivity index (χ3v) is 2.44. The Morgan fingerprint density at radius 3 is 2.27 bits per heavy atom. The van der Waals surface area contributed by atoms with E-state index in [1.165, 1.54) is 0 Å². The van der Waals surface area contributed by atoms with Crippen molar-refractivity contribution < 1.29 is 14.9 Å². The molecule has 1 fully saturated rings. The van der Waals surface area contributed by atoms with E-state index in [4.69, 9.17) is 9.84 Å². The maximum Gasteiger partial charge on any atom is 0.107 e. The Labute approximate surface area is 67.0 Å². The van der Waals surface area contributed by atoms with Crippen molar-refractivity contribution in [3.05, 3.63) is 0 Å².